The van der Waals surface area contributed by atoms with Crippen LogP contribution in [-0.4, -0.2) is 64.3 Å². The first kappa shape index (κ1) is 18.0. The Morgan fingerprint density at radius 3 is 2.59 bits per heavy atom. The Morgan fingerprint density at radius 2 is 1.93 bits per heavy atom. The molecule has 0 bridgehead atoms. The maximum absolute atomic E-state index is 12.8. The van der Waals surface area contributed by atoms with E-state index in [9.17, 15) is 4.79 Å². The van der Waals surface area contributed by atoms with Crippen molar-refractivity contribution in [3.8, 4) is 11.4 Å². The first-order valence-corrected chi connectivity index (χ1v) is 9.40. The number of likely N-dealkylation sites (tertiary alicyclic amines) is 1. The lowest BCUT2D eigenvalue weighted by molar-refractivity contribution is -0.183. The molecule has 7 nitrogen and oxygen atoms in total. The monoisotopic (exact) mass is 368 g/mol. The summed E-state index contributed by atoms with van der Waals surface area (Å²) in [7, 11) is 1.75. The van der Waals surface area contributed by atoms with Crippen molar-refractivity contribution in [2.45, 2.75) is 37.4 Å². The molecule has 4 heterocycles. The zero-order chi connectivity index (χ0) is 18.7. The molecule has 2 aromatic rings. The largest absolute Gasteiger partial charge is 0.378 e. The minimum absolute atomic E-state index is 0.0316. The van der Waals surface area contributed by atoms with Crippen molar-refractivity contribution < 1.29 is 14.3 Å². The molecule has 0 unspecified atom stereocenters. The van der Waals surface area contributed by atoms with Gasteiger partial charge in [0.1, 0.15) is 0 Å². The molecule has 2 aliphatic rings. The smallest absolute Gasteiger partial charge is 0.256 e. The van der Waals surface area contributed by atoms with Crippen LogP contribution >= 0.6 is 0 Å². The number of methoxy groups -OCH3 is 1. The predicted octanol–water partition coefficient (Wildman–Crippen LogP) is 2.34. The fourth-order valence-corrected chi connectivity index (χ4v) is 4.06. The highest BCUT2D eigenvalue weighted by Crippen LogP contribution is 2.37. The minimum Gasteiger partial charge on any atom is -0.378 e. The third-order valence-corrected chi connectivity index (χ3v) is 5.61. The van der Waals surface area contributed by atoms with Crippen LogP contribution in [-0.2, 0) is 9.47 Å². The molecule has 1 spiro atoms. The summed E-state index contributed by atoms with van der Waals surface area (Å²) < 4.78 is 11.8. The van der Waals surface area contributed by atoms with Crippen molar-refractivity contribution in [2.75, 3.05) is 26.8 Å². The number of carbonyl (C=O) groups excluding carboxylic acids is 1. The zero-order valence-corrected chi connectivity index (χ0v) is 15.5. The topological polar surface area (TPSA) is 77.4 Å². The number of hydrogen-bond donors (Lipinski definition) is 0. The molecule has 7 heteroatoms. The molecular weight excluding hydrogens is 344 g/mol. The van der Waals surface area contributed by atoms with E-state index >= 15 is 0 Å². The summed E-state index contributed by atoms with van der Waals surface area (Å²) in [4.78, 5) is 27.4. The van der Waals surface area contributed by atoms with Crippen LogP contribution in [0.1, 0.15) is 36.0 Å². The molecule has 1 amide bonds. The van der Waals surface area contributed by atoms with E-state index in [1.165, 1.54) is 0 Å². The Bertz CT molecular complexity index is 774. The van der Waals surface area contributed by atoms with Crippen LogP contribution in [0.3, 0.4) is 0 Å². The standard InChI is InChI=1S/C20H24N4O3/c1-26-17-3-2-12-27-20(17)6-10-24(11-7-20)19(25)16-13-22-18(23-14-16)15-4-8-21-9-5-15/h4-5,8-9,13-14,17H,2-3,6-7,10-12H2,1H3/t17-/m0/s1. The van der Waals surface area contributed by atoms with Gasteiger partial charge in [-0.25, -0.2) is 9.97 Å². The quantitative estimate of drug-likeness (QED) is 0.828. The molecule has 0 N–H and O–H groups in total. The number of carbonyl (C=O) groups is 1. The Balaban J connectivity index is 1.42. The third-order valence-electron chi connectivity index (χ3n) is 5.61. The van der Waals surface area contributed by atoms with Crippen LogP contribution < -0.4 is 0 Å². The van der Waals surface area contributed by atoms with E-state index in [1.807, 2.05) is 17.0 Å². The minimum atomic E-state index is -0.245. The average molecular weight is 368 g/mol. The van der Waals surface area contributed by atoms with Crippen LogP contribution in [0.4, 0.5) is 0 Å². The van der Waals surface area contributed by atoms with E-state index in [4.69, 9.17) is 9.47 Å². The Morgan fingerprint density at radius 1 is 1.22 bits per heavy atom. The van der Waals surface area contributed by atoms with Gasteiger partial charge in [-0.15, -0.1) is 0 Å². The molecule has 0 saturated carbocycles. The van der Waals surface area contributed by atoms with E-state index < -0.39 is 0 Å². The molecule has 4 rings (SSSR count). The highest BCUT2D eigenvalue weighted by Gasteiger charge is 2.45. The third kappa shape index (κ3) is 3.57. The fourth-order valence-electron chi connectivity index (χ4n) is 4.06. The van der Waals surface area contributed by atoms with Gasteiger partial charge in [0.15, 0.2) is 5.82 Å². The van der Waals surface area contributed by atoms with E-state index in [0.29, 0.717) is 24.5 Å². The molecule has 142 valence electrons. The molecule has 2 aliphatic heterocycles. The van der Waals surface area contributed by atoms with Crippen molar-refractivity contribution in [1.82, 2.24) is 19.9 Å². The van der Waals surface area contributed by atoms with Gasteiger partial charge in [-0.05, 0) is 37.8 Å². The van der Waals surface area contributed by atoms with E-state index in [0.717, 1.165) is 37.9 Å². The SMILES string of the molecule is CO[C@H]1CCCOC12CCN(C(=O)c1cnc(-c3ccncc3)nc1)CC2. The number of rotatable bonds is 3. The van der Waals surface area contributed by atoms with E-state index in [2.05, 4.69) is 15.0 Å². The number of nitrogens with zero attached hydrogens (tertiary/aromatic N) is 4. The maximum Gasteiger partial charge on any atom is 0.256 e. The Hall–Kier alpha value is -2.38. The maximum atomic E-state index is 12.8. The molecule has 0 radical (unpaired) electrons. The summed E-state index contributed by atoms with van der Waals surface area (Å²) >= 11 is 0. The summed E-state index contributed by atoms with van der Waals surface area (Å²) in [5.74, 6) is 0.556. The number of pyridine rings is 1. The van der Waals surface area contributed by atoms with Crippen molar-refractivity contribution in [1.29, 1.82) is 0 Å². The summed E-state index contributed by atoms with van der Waals surface area (Å²) in [5.41, 5.74) is 1.14. The van der Waals surface area contributed by atoms with E-state index in [-0.39, 0.29) is 17.6 Å². The van der Waals surface area contributed by atoms with Gasteiger partial charge in [0.2, 0.25) is 0 Å². The second kappa shape index (κ2) is 7.70. The number of aromatic nitrogens is 3. The second-order valence-corrected chi connectivity index (χ2v) is 7.10. The number of ether oxygens (including phenoxy) is 2. The average Bonchev–Trinajstić information content (AvgIpc) is 2.75. The van der Waals surface area contributed by atoms with Crippen LogP contribution in [0.15, 0.2) is 36.9 Å². The zero-order valence-electron chi connectivity index (χ0n) is 15.5. The predicted molar refractivity (Wildman–Crippen MR) is 99.1 cm³/mol. The molecule has 2 aromatic heterocycles. The summed E-state index contributed by atoms with van der Waals surface area (Å²) in [6.07, 6.45) is 10.4. The summed E-state index contributed by atoms with van der Waals surface area (Å²) in [6, 6.07) is 3.69. The number of amides is 1. The molecular formula is C20H24N4O3. The Kier molecular flexibility index (Phi) is 5.13. The van der Waals surface area contributed by atoms with Crippen LogP contribution in [0.5, 0.6) is 0 Å². The first-order chi connectivity index (χ1) is 13.2. The molecule has 0 aromatic carbocycles. The normalized spacial score (nSPS) is 22.0. The summed E-state index contributed by atoms with van der Waals surface area (Å²) in [6.45, 7) is 2.09. The first-order valence-electron chi connectivity index (χ1n) is 9.40. The van der Waals surface area contributed by atoms with Crippen molar-refractivity contribution in [3.63, 3.8) is 0 Å². The summed E-state index contributed by atoms with van der Waals surface area (Å²) in [5, 5.41) is 0. The molecule has 2 fully saturated rings. The fraction of sp³-hybridized carbons (Fsp3) is 0.500. The van der Waals surface area contributed by atoms with Crippen LogP contribution in [0, 0.1) is 0 Å². The highest BCUT2D eigenvalue weighted by molar-refractivity contribution is 5.93. The lowest BCUT2D eigenvalue weighted by Gasteiger charge is -2.48. The lowest BCUT2D eigenvalue weighted by atomic mass is 9.81. The van der Waals surface area contributed by atoms with Crippen LogP contribution in [0.25, 0.3) is 11.4 Å². The van der Waals surface area contributed by atoms with Crippen molar-refractivity contribution in [3.05, 3.63) is 42.5 Å². The van der Waals surface area contributed by atoms with Gasteiger partial charge in [-0.1, -0.05) is 0 Å². The van der Waals surface area contributed by atoms with Gasteiger partial charge in [-0.2, -0.15) is 0 Å². The van der Waals surface area contributed by atoms with Gasteiger partial charge in [0.05, 0.1) is 17.3 Å². The molecule has 2 saturated heterocycles. The molecule has 1 atom stereocenters. The van der Waals surface area contributed by atoms with E-state index in [1.54, 1.807) is 31.9 Å². The molecule has 27 heavy (non-hydrogen) atoms. The van der Waals surface area contributed by atoms with Gasteiger partial charge in [0, 0.05) is 57.2 Å². The Labute approximate surface area is 158 Å². The van der Waals surface area contributed by atoms with Crippen molar-refractivity contribution >= 4 is 5.91 Å². The highest BCUT2D eigenvalue weighted by atomic mass is 16.5. The van der Waals surface area contributed by atoms with Gasteiger partial charge in [0.25, 0.3) is 5.91 Å². The van der Waals surface area contributed by atoms with Crippen LogP contribution in [0.2, 0.25) is 0 Å². The van der Waals surface area contributed by atoms with Crippen molar-refractivity contribution in [2.24, 2.45) is 0 Å². The van der Waals surface area contributed by atoms with Gasteiger partial charge < -0.3 is 14.4 Å². The number of piperidine rings is 1. The second-order valence-electron chi connectivity index (χ2n) is 7.10. The number of hydrogen-bond acceptors (Lipinski definition) is 6. The van der Waals surface area contributed by atoms with Gasteiger partial charge >= 0.3 is 0 Å². The van der Waals surface area contributed by atoms with Gasteiger partial charge in [-0.3, -0.25) is 9.78 Å². The molecule has 0 aliphatic carbocycles. The lowest BCUT2D eigenvalue weighted by Crippen LogP contribution is -2.56.